The molecule has 2 aliphatic heterocycles. The Morgan fingerprint density at radius 3 is 2.24 bits per heavy atom. The lowest BCUT2D eigenvalue weighted by molar-refractivity contribution is 0.130. The van der Waals surface area contributed by atoms with Gasteiger partial charge in [-0.05, 0) is 112 Å². The average Bonchev–Trinajstić information content (AvgIpc) is 3.53. The highest BCUT2D eigenvalue weighted by atomic mass is 35.5. The zero-order valence-electron chi connectivity index (χ0n) is 20.9. The van der Waals surface area contributed by atoms with E-state index in [1.165, 1.54) is 29.9 Å². The van der Waals surface area contributed by atoms with Gasteiger partial charge in [-0.25, -0.2) is 13.6 Å². The zero-order chi connectivity index (χ0) is 26.5. The van der Waals surface area contributed by atoms with Crippen molar-refractivity contribution < 1.29 is 23.0 Å². The standard InChI is InChI=1S/C29H30ClF2N3O3/c30-21-4-8-25(9-5-21)37-26-10-6-24(7-11-26)35-28(20-16-22(31)18-23(32)17-20)27(38-29(35)36)19-33-12-3-15-34-13-1-2-14-34/h4-11,16-18,27-28,33H,1-3,12-15,19H2/t27-,28-/m0/s1. The number of anilines is 1. The Hall–Kier alpha value is -3.20. The van der Waals surface area contributed by atoms with Gasteiger partial charge in [0, 0.05) is 23.3 Å². The van der Waals surface area contributed by atoms with Gasteiger partial charge in [0.15, 0.2) is 0 Å². The van der Waals surface area contributed by atoms with Gasteiger partial charge in [0.2, 0.25) is 0 Å². The maximum Gasteiger partial charge on any atom is 0.415 e. The van der Waals surface area contributed by atoms with Crippen LogP contribution in [0.15, 0.2) is 66.7 Å². The van der Waals surface area contributed by atoms with Crippen LogP contribution < -0.4 is 15.0 Å². The van der Waals surface area contributed by atoms with E-state index in [0.29, 0.717) is 34.3 Å². The number of likely N-dealkylation sites (tertiary alicyclic amines) is 1. The van der Waals surface area contributed by atoms with E-state index in [-0.39, 0.29) is 0 Å². The molecule has 0 spiro atoms. The minimum Gasteiger partial charge on any atom is -0.457 e. The Morgan fingerprint density at radius 2 is 1.58 bits per heavy atom. The molecular weight excluding hydrogens is 512 g/mol. The third kappa shape index (κ3) is 6.43. The van der Waals surface area contributed by atoms with E-state index in [2.05, 4.69) is 10.2 Å². The molecule has 2 heterocycles. The number of halogens is 3. The first kappa shape index (κ1) is 26.4. The molecule has 1 N–H and O–H groups in total. The molecule has 3 aromatic carbocycles. The number of hydrogen-bond donors (Lipinski definition) is 1. The fourth-order valence-corrected chi connectivity index (χ4v) is 5.18. The quantitative estimate of drug-likeness (QED) is 0.295. The van der Waals surface area contributed by atoms with Crippen molar-refractivity contribution in [2.45, 2.75) is 31.4 Å². The Labute approximate surface area is 226 Å². The summed E-state index contributed by atoms with van der Waals surface area (Å²) in [6, 6.07) is 16.5. The van der Waals surface area contributed by atoms with Crippen LogP contribution in [0.3, 0.4) is 0 Å². The summed E-state index contributed by atoms with van der Waals surface area (Å²) in [4.78, 5) is 16.9. The maximum atomic E-state index is 14.2. The van der Waals surface area contributed by atoms with Crippen molar-refractivity contribution in [2.24, 2.45) is 0 Å². The molecule has 0 saturated carbocycles. The van der Waals surface area contributed by atoms with Crippen LogP contribution in [0.5, 0.6) is 11.5 Å². The van der Waals surface area contributed by atoms with E-state index in [4.69, 9.17) is 21.1 Å². The summed E-state index contributed by atoms with van der Waals surface area (Å²) in [6.07, 6.45) is 2.28. The van der Waals surface area contributed by atoms with Gasteiger partial charge in [-0.3, -0.25) is 4.90 Å². The van der Waals surface area contributed by atoms with Gasteiger partial charge >= 0.3 is 6.09 Å². The number of benzene rings is 3. The van der Waals surface area contributed by atoms with E-state index >= 15 is 0 Å². The van der Waals surface area contributed by atoms with Crippen molar-refractivity contribution in [3.63, 3.8) is 0 Å². The van der Waals surface area contributed by atoms with Gasteiger partial charge in [0.25, 0.3) is 0 Å². The molecule has 0 aromatic heterocycles. The third-order valence-corrected chi connectivity index (χ3v) is 7.09. The number of cyclic esters (lactones) is 1. The monoisotopic (exact) mass is 541 g/mol. The highest BCUT2D eigenvalue weighted by molar-refractivity contribution is 6.30. The number of carbonyl (C=O) groups is 1. The first-order chi connectivity index (χ1) is 18.5. The van der Waals surface area contributed by atoms with E-state index in [1.54, 1.807) is 48.5 Å². The van der Waals surface area contributed by atoms with Crippen LogP contribution in [0.4, 0.5) is 19.3 Å². The predicted octanol–water partition coefficient (Wildman–Crippen LogP) is 6.55. The first-order valence-electron chi connectivity index (χ1n) is 12.9. The number of hydrogen-bond acceptors (Lipinski definition) is 5. The predicted molar refractivity (Wildman–Crippen MR) is 143 cm³/mol. The van der Waals surface area contributed by atoms with Gasteiger partial charge in [-0.1, -0.05) is 11.6 Å². The van der Waals surface area contributed by atoms with E-state index in [0.717, 1.165) is 38.7 Å². The number of nitrogens with one attached hydrogen (secondary N) is 1. The van der Waals surface area contributed by atoms with Gasteiger partial charge in [-0.2, -0.15) is 0 Å². The molecule has 0 aliphatic carbocycles. The Bertz CT molecular complexity index is 1220. The Balaban J connectivity index is 1.31. The highest BCUT2D eigenvalue weighted by Gasteiger charge is 2.43. The number of rotatable bonds is 10. The molecule has 3 aromatic rings. The normalized spacial score (nSPS) is 19.7. The van der Waals surface area contributed by atoms with Crippen molar-refractivity contribution in [1.29, 1.82) is 0 Å². The molecule has 2 saturated heterocycles. The Morgan fingerprint density at radius 1 is 0.947 bits per heavy atom. The smallest absolute Gasteiger partial charge is 0.415 e. The molecule has 2 aliphatic rings. The van der Waals surface area contributed by atoms with Gasteiger partial charge in [0.1, 0.15) is 35.3 Å². The summed E-state index contributed by atoms with van der Waals surface area (Å²) in [5.41, 5.74) is 0.864. The maximum absolute atomic E-state index is 14.2. The summed E-state index contributed by atoms with van der Waals surface area (Å²) >= 11 is 5.93. The van der Waals surface area contributed by atoms with Crippen molar-refractivity contribution in [3.8, 4) is 11.5 Å². The molecule has 0 bridgehead atoms. The Kier molecular flexibility index (Phi) is 8.42. The number of amides is 1. The van der Waals surface area contributed by atoms with Crippen LogP contribution in [0.2, 0.25) is 5.02 Å². The molecule has 5 rings (SSSR count). The van der Waals surface area contributed by atoms with Crippen molar-refractivity contribution in [1.82, 2.24) is 10.2 Å². The lowest BCUT2D eigenvalue weighted by Gasteiger charge is -2.26. The van der Waals surface area contributed by atoms with Crippen LogP contribution in [0.1, 0.15) is 30.9 Å². The molecule has 2 atom stereocenters. The van der Waals surface area contributed by atoms with Crippen LogP contribution in [-0.4, -0.2) is 49.8 Å². The molecule has 6 nitrogen and oxygen atoms in total. The molecule has 0 radical (unpaired) electrons. The third-order valence-electron chi connectivity index (χ3n) is 6.84. The summed E-state index contributed by atoms with van der Waals surface area (Å²) in [6.45, 7) is 4.43. The minimum atomic E-state index is -0.707. The van der Waals surface area contributed by atoms with Gasteiger partial charge < -0.3 is 19.7 Å². The molecule has 200 valence electrons. The topological polar surface area (TPSA) is 54.0 Å². The van der Waals surface area contributed by atoms with Crippen LogP contribution in [-0.2, 0) is 4.74 Å². The van der Waals surface area contributed by atoms with E-state index in [9.17, 15) is 13.6 Å². The minimum absolute atomic E-state index is 0.332. The van der Waals surface area contributed by atoms with E-state index in [1.807, 2.05) is 0 Å². The number of ether oxygens (including phenoxy) is 2. The lowest BCUT2D eigenvalue weighted by Crippen LogP contribution is -2.35. The SMILES string of the molecule is O=C1O[C@@H](CNCCCN2CCCC2)[C@H](c2cc(F)cc(F)c2)N1c1ccc(Oc2ccc(Cl)cc2)cc1. The van der Waals surface area contributed by atoms with Crippen molar-refractivity contribution in [3.05, 3.63) is 89.0 Å². The number of nitrogens with zero attached hydrogens (tertiary/aromatic N) is 2. The average molecular weight is 542 g/mol. The van der Waals surface area contributed by atoms with E-state index < -0.39 is 29.9 Å². The zero-order valence-corrected chi connectivity index (χ0v) is 21.7. The largest absolute Gasteiger partial charge is 0.457 e. The van der Waals surface area contributed by atoms with Gasteiger partial charge in [0.05, 0.1) is 0 Å². The molecule has 38 heavy (non-hydrogen) atoms. The highest BCUT2D eigenvalue weighted by Crippen LogP contribution is 2.38. The second kappa shape index (κ2) is 12.1. The van der Waals surface area contributed by atoms with Crippen LogP contribution >= 0.6 is 11.6 Å². The van der Waals surface area contributed by atoms with Gasteiger partial charge in [-0.15, -0.1) is 0 Å². The summed E-state index contributed by atoms with van der Waals surface area (Å²) in [7, 11) is 0. The summed E-state index contributed by atoms with van der Waals surface area (Å²) in [5.74, 6) is -0.230. The van der Waals surface area contributed by atoms with Crippen LogP contribution in [0.25, 0.3) is 0 Å². The molecule has 2 fully saturated rings. The fourth-order valence-electron chi connectivity index (χ4n) is 5.05. The lowest BCUT2D eigenvalue weighted by atomic mass is 9.99. The fraction of sp³-hybridized carbons (Fsp3) is 0.345. The van der Waals surface area contributed by atoms with Crippen LogP contribution in [0, 0.1) is 11.6 Å². The second-order valence-electron chi connectivity index (χ2n) is 9.60. The number of carbonyl (C=O) groups excluding carboxylic acids is 1. The second-order valence-corrected chi connectivity index (χ2v) is 10.0. The molecule has 0 unspecified atom stereocenters. The summed E-state index contributed by atoms with van der Waals surface area (Å²) < 4.78 is 39.9. The first-order valence-corrected chi connectivity index (χ1v) is 13.3. The van der Waals surface area contributed by atoms with Crippen molar-refractivity contribution >= 4 is 23.4 Å². The molecular formula is C29H30ClF2N3O3. The molecule has 9 heteroatoms. The summed E-state index contributed by atoms with van der Waals surface area (Å²) in [5, 5.41) is 3.97. The van der Waals surface area contributed by atoms with Crippen molar-refractivity contribution in [2.75, 3.05) is 37.6 Å². The molecule has 1 amide bonds.